The van der Waals surface area contributed by atoms with Crippen molar-refractivity contribution in [3.05, 3.63) is 41.4 Å². The van der Waals surface area contributed by atoms with E-state index in [2.05, 4.69) is 23.1 Å². The molecule has 0 aliphatic rings. The third kappa shape index (κ3) is 3.43. The average Bonchev–Trinajstić information content (AvgIpc) is 2.89. The molecule has 0 unspecified atom stereocenters. The molecule has 0 bridgehead atoms. The van der Waals surface area contributed by atoms with E-state index in [1.54, 1.807) is 11.3 Å². The zero-order chi connectivity index (χ0) is 16.6. The van der Waals surface area contributed by atoms with Gasteiger partial charge in [-0.2, -0.15) is 0 Å². The number of ether oxygens (including phenoxy) is 1. The molecule has 3 aromatic rings. The fourth-order valence-electron chi connectivity index (χ4n) is 2.33. The highest BCUT2D eigenvalue weighted by Gasteiger charge is 2.14. The molecule has 0 saturated carbocycles. The summed E-state index contributed by atoms with van der Waals surface area (Å²) < 4.78 is 7.15. The van der Waals surface area contributed by atoms with Gasteiger partial charge < -0.3 is 9.64 Å². The van der Waals surface area contributed by atoms with Gasteiger partial charge in [-0.1, -0.05) is 11.6 Å². The molecule has 0 atom stereocenters. The molecule has 0 fully saturated rings. The van der Waals surface area contributed by atoms with E-state index in [4.69, 9.17) is 21.3 Å². The number of rotatable bonds is 4. The Morgan fingerprint density at radius 1 is 1.13 bits per heavy atom. The van der Waals surface area contributed by atoms with E-state index in [1.165, 1.54) is 0 Å². The van der Waals surface area contributed by atoms with Crippen LogP contribution in [-0.4, -0.2) is 25.2 Å². The van der Waals surface area contributed by atoms with Crippen molar-refractivity contribution in [3.8, 4) is 16.3 Å². The van der Waals surface area contributed by atoms with Crippen molar-refractivity contribution in [1.29, 1.82) is 0 Å². The molecule has 5 heteroatoms. The summed E-state index contributed by atoms with van der Waals surface area (Å²) in [6.45, 7) is 4.06. The predicted octanol–water partition coefficient (Wildman–Crippen LogP) is 5.47. The van der Waals surface area contributed by atoms with E-state index < -0.39 is 0 Å². The first-order valence-corrected chi connectivity index (χ1v) is 8.68. The molecular weight excluding hydrogens is 328 g/mol. The quantitative estimate of drug-likeness (QED) is 0.626. The molecule has 0 amide bonds. The van der Waals surface area contributed by atoms with Crippen LogP contribution < -0.4 is 9.64 Å². The highest BCUT2D eigenvalue weighted by molar-refractivity contribution is 7.21. The van der Waals surface area contributed by atoms with E-state index in [9.17, 15) is 0 Å². The topological polar surface area (TPSA) is 25.4 Å². The molecule has 3 rings (SSSR count). The van der Waals surface area contributed by atoms with Crippen molar-refractivity contribution in [2.45, 2.75) is 20.0 Å². The minimum atomic E-state index is 0.106. The van der Waals surface area contributed by atoms with Crippen molar-refractivity contribution in [3.63, 3.8) is 0 Å². The molecule has 0 spiro atoms. The van der Waals surface area contributed by atoms with Crippen molar-refractivity contribution < 1.29 is 4.74 Å². The van der Waals surface area contributed by atoms with Crippen LogP contribution in [0.3, 0.4) is 0 Å². The smallest absolute Gasteiger partial charge is 0.131 e. The second kappa shape index (κ2) is 6.38. The Balaban J connectivity index is 2.12. The molecule has 120 valence electrons. The van der Waals surface area contributed by atoms with E-state index in [1.807, 2.05) is 46.1 Å². The van der Waals surface area contributed by atoms with Gasteiger partial charge in [0.25, 0.3) is 0 Å². The minimum Gasteiger partial charge on any atom is -0.490 e. The maximum absolute atomic E-state index is 6.06. The van der Waals surface area contributed by atoms with Gasteiger partial charge in [-0.25, -0.2) is 4.98 Å². The largest absolute Gasteiger partial charge is 0.490 e. The van der Waals surface area contributed by atoms with Gasteiger partial charge in [0, 0.05) is 30.9 Å². The van der Waals surface area contributed by atoms with Crippen molar-refractivity contribution in [2.24, 2.45) is 0 Å². The summed E-state index contributed by atoms with van der Waals surface area (Å²) in [5, 5.41) is 1.65. The number of aromatic nitrogens is 1. The Morgan fingerprint density at radius 3 is 2.61 bits per heavy atom. The number of hydrogen-bond acceptors (Lipinski definition) is 4. The van der Waals surface area contributed by atoms with Gasteiger partial charge in [0.2, 0.25) is 0 Å². The lowest BCUT2D eigenvalue weighted by molar-refractivity contribution is 0.243. The van der Waals surface area contributed by atoms with Crippen LogP contribution in [0.25, 0.3) is 20.8 Å². The standard InChI is InChI=1S/C18H19ClN2OS/c1-11(2)22-16-10-13(21(3)4)6-7-14(16)18-20-15-9-12(19)5-8-17(15)23-18/h5-11H,1-4H3. The van der Waals surface area contributed by atoms with Gasteiger partial charge in [0.15, 0.2) is 0 Å². The highest BCUT2D eigenvalue weighted by Crippen LogP contribution is 2.38. The molecule has 0 saturated heterocycles. The number of fused-ring (bicyclic) bond motifs is 1. The highest BCUT2D eigenvalue weighted by atomic mass is 35.5. The van der Waals surface area contributed by atoms with Crippen molar-refractivity contribution in [2.75, 3.05) is 19.0 Å². The number of anilines is 1. The summed E-state index contributed by atoms with van der Waals surface area (Å²) in [5.41, 5.74) is 3.04. The lowest BCUT2D eigenvalue weighted by Crippen LogP contribution is -2.11. The first-order valence-electron chi connectivity index (χ1n) is 7.48. The summed E-state index contributed by atoms with van der Waals surface area (Å²) in [6, 6.07) is 12.0. The van der Waals surface area contributed by atoms with Gasteiger partial charge in [0.05, 0.1) is 21.9 Å². The molecule has 3 nitrogen and oxygen atoms in total. The van der Waals surface area contributed by atoms with E-state index in [-0.39, 0.29) is 6.10 Å². The fraction of sp³-hybridized carbons (Fsp3) is 0.278. The summed E-state index contributed by atoms with van der Waals surface area (Å²) >= 11 is 7.72. The predicted molar refractivity (Wildman–Crippen MR) is 100 cm³/mol. The van der Waals surface area contributed by atoms with E-state index >= 15 is 0 Å². The van der Waals surface area contributed by atoms with E-state index in [0.717, 1.165) is 32.2 Å². The molecule has 0 N–H and O–H groups in total. The fourth-order valence-corrected chi connectivity index (χ4v) is 3.48. The number of thiazole rings is 1. The van der Waals surface area contributed by atoms with Crippen LogP contribution in [-0.2, 0) is 0 Å². The molecule has 0 aliphatic carbocycles. The Hall–Kier alpha value is -1.78. The van der Waals surface area contributed by atoms with Crippen LogP contribution >= 0.6 is 22.9 Å². The first-order chi connectivity index (χ1) is 10.9. The first kappa shape index (κ1) is 16.1. The lowest BCUT2D eigenvalue weighted by atomic mass is 10.1. The maximum atomic E-state index is 6.06. The number of benzene rings is 2. The Morgan fingerprint density at radius 2 is 1.91 bits per heavy atom. The van der Waals surface area contributed by atoms with Crippen LogP contribution in [0.15, 0.2) is 36.4 Å². The van der Waals surface area contributed by atoms with Gasteiger partial charge in [-0.15, -0.1) is 11.3 Å². The minimum absolute atomic E-state index is 0.106. The number of halogens is 1. The van der Waals surface area contributed by atoms with Crippen LogP contribution in [0.1, 0.15) is 13.8 Å². The second-order valence-corrected chi connectivity index (χ2v) is 7.34. The van der Waals surface area contributed by atoms with Crippen molar-refractivity contribution in [1.82, 2.24) is 4.98 Å². The van der Waals surface area contributed by atoms with E-state index in [0.29, 0.717) is 5.02 Å². The Bertz CT molecular complexity index is 842. The van der Waals surface area contributed by atoms with Gasteiger partial charge in [-0.05, 0) is 44.2 Å². The summed E-state index contributed by atoms with van der Waals surface area (Å²) in [4.78, 5) is 6.79. The molecule has 1 heterocycles. The summed E-state index contributed by atoms with van der Waals surface area (Å²) in [5.74, 6) is 0.858. The molecular formula is C18H19ClN2OS. The molecule has 2 aromatic carbocycles. The zero-order valence-corrected chi connectivity index (χ0v) is 15.2. The number of nitrogens with zero attached hydrogens (tertiary/aromatic N) is 2. The van der Waals surface area contributed by atoms with Crippen LogP contribution in [0, 0.1) is 0 Å². The monoisotopic (exact) mass is 346 g/mol. The zero-order valence-electron chi connectivity index (χ0n) is 13.6. The maximum Gasteiger partial charge on any atom is 0.131 e. The van der Waals surface area contributed by atoms with Gasteiger partial charge >= 0.3 is 0 Å². The Kier molecular flexibility index (Phi) is 4.46. The lowest BCUT2D eigenvalue weighted by Gasteiger charge is -2.18. The van der Waals surface area contributed by atoms with Crippen molar-refractivity contribution >= 4 is 38.8 Å². The average molecular weight is 347 g/mol. The molecule has 0 radical (unpaired) electrons. The summed E-state index contributed by atoms with van der Waals surface area (Å²) in [6.07, 6.45) is 0.106. The molecule has 1 aromatic heterocycles. The second-order valence-electron chi connectivity index (χ2n) is 5.87. The third-order valence-corrected chi connectivity index (χ3v) is 4.73. The SMILES string of the molecule is CC(C)Oc1cc(N(C)C)ccc1-c1nc2cc(Cl)ccc2s1. The normalized spacial score (nSPS) is 11.2. The summed E-state index contributed by atoms with van der Waals surface area (Å²) in [7, 11) is 4.04. The van der Waals surface area contributed by atoms with Gasteiger partial charge in [-0.3, -0.25) is 0 Å². The number of hydrogen-bond donors (Lipinski definition) is 0. The third-order valence-electron chi connectivity index (χ3n) is 3.42. The molecule has 23 heavy (non-hydrogen) atoms. The van der Waals surface area contributed by atoms with Crippen LogP contribution in [0.5, 0.6) is 5.75 Å². The van der Waals surface area contributed by atoms with Gasteiger partial charge in [0.1, 0.15) is 10.8 Å². The Labute approximate surface area is 145 Å². The molecule has 0 aliphatic heterocycles. The van der Waals surface area contributed by atoms with Crippen LogP contribution in [0.4, 0.5) is 5.69 Å². The van der Waals surface area contributed by atoms with Crippen LogP contribution in [0.2, 0.25) is 5.02 Å².